The molecule has 7 heteroatoms. The van der Waals surface area contributed by atoms with Gasteiger partial charge in [-0.05, 0) is 43.2 Å². The van der Waals surface area contributed by atoms with Crippen molar-refractivity contribution in [3.05, 3.63) is 58.9 Å². The summed E-state index contributed by atoms with van der Waals surface area (Å²) in [5.74, 6) is 2.42. The molecule has 0 fully saturated rings. The molecule has 4 aromatic rings. The van der Waals surface area contributed by atoms with E-state index in [0.29, 0.717) is 22.4 Å². The molecule has 0 bridgehead atoms. The highest BCUT2D eigenvalue weighted by atomic mass is 35.5. The molecule has 0 aliphatic carbocycles. The summed E-state index contributed by atoms with van der Waals surface area (Å²) in [5, 5.41) is 8.64. The monoisotopic (exact) mass is 367 g/mol. The molecule has 0 aliphatic heterocycles. The molecule has 1 N–H and O–H groups in total. The van der Waals surface area contributed by atoms with Gasteiger partial charge in [-0.2, -0.15) is 9.50 Å². The number of benzene rings is 1. The molecule has 0 saturated carbocycles. The van der Waals surface area contributed by atoms with Gasteiger partial charge in [-0.15, -0.1) is 5.10 Å². The number of rotatable bonds is 5. The first-order valence-corrected chi connectivity index (χ1v) is 8.85. The molecule has 0 spiro atoms. The van der Waals surface area contributed by atoms with Gasteiger partial charge in [-0.1, -0.05) is 31.0 Å². The molecule has 132 valence electrons. The van der Waals surface area contributed by atoms with Gasteiger partial charge in [0.05, 0.1) is 6.26 Å². The Morgan fingerprint density at radius 3 is 2.81 bits per heavy atom. The zero-order valence-corrected chi connectivity index (χ0v) is 15.3. The number of aryl methyl sites for hydroxylation is 2. The Morgan fingerprint density at radius 1 is 1.19 bits per heavy atom. The second kappa shape index (κ2) is 6.80. The highest BCUT2D eigenvalue weighted by Gasteiger charge is 2.14. The van der Waals surface area contributed by atoms with Crippen LogP contribution in [0, 0.1) is 6.92 Å². The third-order valence-electron chi connectivity index (χ3n) is 4.06. The van der Waals surface area contributed by atoms with Crippen molar-refractivity contribution in [3.63, 3.8) is 0 Å². The number of hydrogen-bond acceptors (Lipinski definition) is 5. The van der Waals surface area contributed by atoms with E-state index in [-0.39, 0.29) is 0 Å². The number of nitrogens with zero attached hydrogens (tertiary/aromatic N) is 4. The van der Waals surface area contributed by atoms with Crippen LogP contribution in [0.1, 0.15) is 24.6 Å². The fraction of sp³-hybridized carbons (Fsp3) is 0.211. The number of anilines is 2. The van der Waals surface area contributed by atoms with Crippen LogP contribution in [0.25, 0.3) is 17.4 Å². The first-order valence-electron chi connectivity index (χ1n) is 8.48. The quantitative estimate of drug-likeness (QED) is 0.535. The summed E-state index contributed by atoms with van der Waals surface area (Å²) in [6.07, 6.45) is 3.46. The minimum atomic E-state index is 0.501. The van der Waals surface area contributed by atoms with Gasteiger partial charge in [0.2, 0.25) is 5.82 Å². The molecule has 0 aliphatic rings. The van der Waals surface area contributed by atoms with Gasteiger partial charge in [0.15, 0.2) is 5.76 Å². The molecule has 3 aromatic heterocycles. The van der Waals surface area contributed by atoms with Crippen LogP contribution >= 0.6 is 11.6 Å². The van der Waals surface area contributed by atoms with E-state index in [0.717, 1.165) is 35.6 Å². The molecule has 3 heterocycles. The lowest BCUT2D eigenvalue weighted by Gasteiger charge is -2.10. The van der Waals surface area contributed by atoms with E-state index >= 15 is 0 Å². The van der Waals surface area contributed by atoms with Gasteiger partial charge in [0.1, 0.15) is 5.82 Å². The summed E-state index contributed by atoms with van der Waals surface area (Å²) >= 11 is 6.25. The van der Waals surface area contributed by atoms with Crippen LogP contribution in [0.2, 0.25) is 5.02 Å². The normalized spacial score (nSPS) is 11.2. The largest absolute Gasteiger partial charge is 0.461 e. The standard InChI is InChI=1S/C19H18ClN5O/c1-3-5-13-11-17(21-14-8-7-12(2)15(20)10-14)25-19(22-13)23-18(24-25)16-6-4-9-26-16/h4,6-11,21H,3,5H2,1-2H3. The van der Waals surface area contributed by atoms with Crippen molar-refractivity contribution in [2.24, 2.45) is 0 Å². The number of furan rings is 1. The number of halogens is 1. The molecule has 0 saturated heterocycles. The van der Waals surface area contributed by atoms with Crippen LogP contribution < -0.4 is 5.32 Å². The van der Waals surface area contributed by atoms with Gasteiger partial charge in [-0.25, -0.2) is 4.98 Å². The first-order chi connectivity index (χ1) is 12.6. The van der Waals surface area contributed by atoms with Crippen LogP contribution in [0.3, 0.4) is 0 Å². The predicted octanol–water partition coefficient (Wildman–Crippen LogP) is 5.04. The SMILES string of the molecule is CCCc1cc(Nc2ccc(C)c(Cl)c2)n2nc(-c3ccco3)nc2n1. The van der Waals surface area contributed by atoms with Crippen LogP contribution in [-0.2, 0) is 6.42 Å². The van der Waals surface area contributed by atoms with Crippen molar-refractivity contribution in [3.8, 4) is 11.6 Å². The highest BCUT2D eigenvalue weighted by Crippen LogP contribution is 2.25. The molecule has 6 nitrogen and oxygen atoms in total. The van der Waals surface area contributed by atoms with Crippen molar-refractivity contribution < 1.29 is 4.42 Å². The van der Waals surface area contributed by atoms with E-state index in [4.69, 9.17) is 16.0 Å². The Morgan fingerprint density at radius 2 is 2.08 bits per heavy atom. The Bertz CT molecular complexity index is 1060. The number of hydrogen-bond donors (Lipinski definition) is 1. The average molecular weight is 368 g/mol. The molecule has 1 aromatic carbocycles. The van der Waals surface area contributed by atoms with Crippen molar-refractivity contribution >= 4 is 28.9 Å². The maximum Gasteiger partial charge on any atom is 0.255 e. The van der Waals surface area contributed by atoms with Gasteiger partial charge in [0.25, 0.3) is 5.78 Å². The number of aromatic nitrogens is 4. The lowest BCUT2D eigenvalue weighted by Crippen LogP contribution is -2.04. The maximum atomic E-state index is 6.25. The maximum absolute atomic E-state index is 6.25. The van der Waals surface area contributed by atoms with Gasteiger partial charge in [0, 0.05) is 22.5 Å². The van der Waals surface area contributed by atoms with Crippen molar-refractivity contribution in [1.29, 1.82) is 0 Å². The first kappa shape index (κ1) is 16.6. The summed E-state index contributed by atoms with van der Waals surface area (Å²) < 4.78 is 7.10. The zero-order valence-electron chi connectivity index (χ0n) is 14.5. The summed E-state index contributed by atoms with van der Waals surface area (Å²) in [7, 11) is 0. The van der Waals surface area contributed by atoms with E-state index in [1.165, 1.54) is 0 Å². The third-order valence-corrected chi connectivity index (χ3v) is 4.46. The lowest BCUT2D eigenvalue weighted by atomic mass is 10.2. The second-order valence-electron chi connectivity index (χ2n) is 6.10. The fourth-order valence-electron chi connectivity index (χ4n) is 2.72. The molecular weight excluding hydrogens is 350 g/mol. The molecule has 0 atom stereocenters. The molecule has 4 rings (SSSR count). The predicted molar refractivity (Wildman–Crippen MR) is 102 cm³/mol. The van der Waals surface area contributed by atoms with Crippen molar-refractivity contribution in [1.82, 2.24) is 19.6 Å². The van der Waals surface area contributed by atoms with E-state index in [1.54, 1.807) is 10.8 Å². The van der Waals surface area contributed by atoms with Crippen LogP contribution in [0.5, 0.6) is 0 Å². The van der Waals surface area contributed by atoms with Crippen molar-refractivity contribution in [2.75, 3.05) is 5.32 Å². The Balaban J connectivity index is 1.81. The Labute approximate surface area is 155 Å². The minimum Gasteiger partial charge on any atom is -0.461 e. The van der Waals surface area contributed by atoms with Crippen LogP contribution in [0.4, 0.5) is 11.5 Å². The van der Waals surface area contributed by atoms with Crippen LogP contribution in [0.15, 0.2) is 47.1 Å². The molecule has 26 heavy (non-hydrogen) atoms. The smallest absolute Gasteiger partial charge is 0.255 e. The lowest BCUT2D eigenvalue weighted by molar-refractivity contribution is 0.577. The van der Waals surface area contributed by atoms with E-state index in [9.17, 15) is 0 Å². The van der Waals surface area contributed by atoms with E-state index < -0.39 is 0 Å². The van der Waals surface area contributed by atoms with Crippen molar-refractivity contribution in [2.45, 2.75) is 26.7 Å². The second-order valence-corrected chi connectivity index (χ2v) is 6.50. The summed E-state index contributed by atoms with van der Waals surface area (Å²) in [6.45, 7) is 4.10. The highest BCUT2D eigenvalue weighted by molar-refractivity contribution is 6.31. The molecule has 0 unspecified atom stereocenters. The van der Waals surface area contributed by atoms with E-state index in [2.05, 4.69) is 27.3 Å². The van der Waals surface area contributed by atoms with Gasteiger partial charge in [-0.3, -0.25) is 0 Å². The fourth-order valence-corrected chi connectivity index (χ4v) is 2.90. The molecular formula is C19H18ClN5O. The van der Waals surface area contributed by atoms with Crippen LogP contribution in [-0.4, -0.2) is 19.6 Å². The van der Waals surface area contributed by atoms with E-state index in [1.807, 2.05) is 43.3 Å². The summed E-state index contributed by atoms with van der Waals surface area (Å²) in [5.41, 5.74) is 2.87. The minimum absolute atomic E-state index is 0.501. The third kappa shape index (κ3) is 3.15. The number of nitrogens with one attached hydrogen (secondary N) is 1. The zero-order chi connectivity index (χ0) is 18.1. The topological polar surface area (TPSA) is 68.2 Å². The van der Waals surface area contributed by atoms with Gasteiger partial charge >= 0.3 is 0 Å². The summed E-state index contributed by atoms with van der Waals surface area (Å²) in [4.78, 5) is 9.12. The molecule has 0 radical (unpaired) electrons. The average Bonchev–Trinajstić information content (AvgIpc) is 3.27. The van der Waals surface area contributed by atoms with Gasteiger partial charge < -0.3 is 9.73 Å². The Kier molecular flexibility index (Phi) is 4.34. The molecule has 0 amide bonds. The number of fused-ring (bicyclic) bond motifs is 1. The summed E-state index contributed by atoms with van der Waals surface area (Å²) in [6, 6.07) is 11.5. The Hall–Kier alpha value is -2.86.